The lowest BCUT2D eigenvalue weighted by Crippen LogP contribution is -2.40. The van der Waals surface area contributed by atoms with Gasteiger partial charge in [0.1, 0.15) is 12.3 Å². The number of nitrogens with zero attached hydrogens (tertiary/aromatic N) is 3. The Hall–Kier alpha value is -2.86. The molecule has 31 heavy (non-hydrogen) atoms. The number of aromatic nitrogens is 2. The summed E-state index contributed by atoms with van der Waals surface area (Å²) < 4.78 is 7.36. The molecule has 2 aromatic heterocycles. The van der Waals surface area contributed by atoms with Crippen LogP contribution in [0.25, 0.3) is 11.3 Å². The van der Waals surface area contributed by atoms with Crippen molar-refractivity contribution in [2.45, 2.75) is 59.2 Å². The van der Waals surface area contributed by atoms with Crippen LogP contribution in [0.15, 0.2) is 47.2 Å². The zero-order chi connectivity index (χ0) is 21.8. The summed E-state index contributed by atoms with van der Waals surface area (Å²) >= 11 is 0. The quantitative estimate of drug-likeness (QED) is 0.569. The Morgan fingerprint density at radius 3 is 2.90 bits per heavy atom. The fourth-order valence-electron chi connectivity index (χ4n) is 4.28. The number of hydrogen-bond donors (Lipinski definition) is 1. The minimum atomic E-state index is -0.00669. The second kappa shape index (κ2) is 9.52. The molecule has 4 rings (SSSR count). The van der Waals surface area contributed by atoms with E-state index in [1.54, 1.807) is 6.26 Å². The van der Waals surface area contributed by atoms with Gasteiger partial charge in [0.25, 0.3) is 0 Å². The lowest BCUT2D eigenvalue weighted by atomic mass is 9.89. The molecule has 164 valence electrons. The van der Waals surface area contributed by atoms with Crippen molar-refractivity contribution in [3.63, 3.8) is 0 Å². The van der Waals surface area contributed by atoms with E-state index >= 15 is 0 Å². The maximum absolute atomic E-state index is 12.7. The highest BCUT2D eigenvalue weighted by Gasteiger charge is 2.22. The summed E-state index contributed by atoms with van der Waals surface area (Å²) in [5.74, 6) is 0.941. The van der Waals surface area contributed by atoms with E-state index in [4.69, 9.17) is 4.42 Å². The molecule has 1 aromatic carbocycles. The molecule has 3 aromatic rings. The second-order valence-electron chi connectivity index (χ2n) is 8.49. The standard InChI is InChI=1S/C25H32N4O2/c1-4-19(3)28(16-22-6-5-13-31-22)12-11-26-24(30)17-29-25-21(15-27-29)10-9-20-8-7-18(2)14-23(20)25/h5-8,13-15,19H,4,9-12,16-17H2,1-3H3,(H,26,30). The Morgan fingerprint density at radius 2 is 2.13 bits per heavy atom. The fourth-order valence-corrected chi connectivity index (χ4v) is 4.28. The van der Waals surface area contributed by atoms with Crippen molar-refractivity contribution in [2.24, 2.45) is 0 Å². The third-order valence-electron chi connectivity index (χ3n) is 6.27. The molecule has 1 N–H and O–H groups in total. The van der Waals surface area contributed by atoms with Crippen LogP contribution in [0.1, 0.15) is 42.7 Å². The first kappa shape index (κ1) is 21.4. The molecule has 1 aliphatic carbocycles. The largest absolute Gasteiger partial charge is 0.468 e. The minimum absolute atomic E-state index is 0.00669. The Kier molecular flexibility index (Phi) is 6.56. The molecule has 0 radical (unpaired) electrons. The van der Waals surface area contributed by atoms with Gasteiger partial charge in [-0.15, -0.1) is 0 Å². The molecular formula is C25H32N4O2. The van der Waals surface area contributed by atoms with E-state index in [1.807, 2.05) is 23.0 Å². The molecule has 1 unspecified atom stereocenters. The third kappa shape index (κ3) is 4.90. The minimum Gasteiger partial charge on any atom is -0.468 e. The molecule has 1 aliphatic rings. The third-order valence-corrected chi connectivity index (χ3v) is 6.27. The van der Waals surface area contributed by atoms with Crippen molar-refractivity contribution in [1.29, 1.82) is 0 Å². The number of aryl methyl sites for hydroxylation is 3. The first-order valence-corrected chi connectivity index (χ1v) is 11.2. The Morgan fingerprint density at radius 1 is 1.29 bits per heavy atom. The zero-order valence-corrected chi connectivity index (χ0v) is 18.7. The van der Waals surface area contributed by atoms with Crippen LogP contribution in [0.4, 0.5) is 0 Å². The predicted molar refractivity (Wildman–Crippen MR) is 122 cm³/mol. The monoisotopic (exact) mass is 420 g/mol. The fraction of sp³-hybridized carbons (Fsp3) is 0.440. The summed E-state index contributed by atoms with van der Waals surface area (Å²) in [4.78, 5) is 15.0. The SMILES string of the molecule is CCC(C)N(CCNC(=O)Cn1ncc2c1-c1cc(C)ccc1CC2)Cc1ccco1. The van der Waals surface area contributed by atoms with Gasteiger partial charge >= 0.3 is 0 Å². The molecule has 6 nitrogen and oxygen atoms in total. The Labute approximate surface area is 184 Å². The summed E-state index contributed by atoms with van der Waals surface area (Å²) in [6.45, 7) is 8.86. The summed E-state index contributed by atoms with van der Waals surface area (Å²) in [6, 6.07) is 10.9. The van der Waals surface area contributed by atoms with Crippen LogP contribution in [-0.2, 0) is 30.7 Å². The van der Waals surface area contributed by atoms with E-state index in [0.717, 1.165) is 43.8 Å². The molecule has 0 bridgehead atoms. The van der Waals surface area contributed by atoms with E-state index in [-0.39, 0.29) is 12.5 Å². The normalized spacial score (nSPS) is 13.7. The summed E-state index contributed by atoms with van der Waals surface area (Å²) in [5.41, 5.74) is 6.10. The van der Waals surface area contributed by atoms with Gasteiger partial charge in [-0.25, -0.2) is 0 Å². The van der Waals surface area contributed by atoms with Crippen LogP contribution in [-0.4, -0.2) is 39.7 Å². The van der Waals surface area contributed by atoms with Crippen LogP contribution in [0.3, 0.4) is 0 Å². The maximum Gasteiger partial charge on any atom is 0.241 e. The van der Waals surface area contributed by atoms with Gasteiger partial charge in [-0.05, 0) is 62.4 Å². The van der Waals surface area contributed by atoms with Gasteiger partial charge in [-0.3, -0.25) is 14.4 Å². The van der Waals surface area contributed by atoms with Crippen molar-refractivity contribution in [2.75, 3.05) is 13.1 Å². The predicted octanol–water partition coefficient (Wildman–Crippen LogP) is 3.97. The van der Waals surface area contributed by atoms with Crippen LogP contribution in [0.5, 0.6) is 0 Å². The topological polar surface area (TPSA) is 63.3 Å². The molecule has 0 aliphatic heterocycles. The highest BCUT2D eigenvalue weighted by atomic mass is 16.3. The van der Waals surface area contributed by atoms with E-state index in [0.29, 0.717) is 12.6 Å². The molecule has 0 spiro atoms. The first-order chi connectivity index (χ1) is 15.0. The van der Waals surface area contributed by atoms with E-state index in [2.05, 4.69) is 54.3 Å². The molecule has 1 atom stereocenters. The van der Waals surface area contributed by atoms with Crippen LogP contribution in [0.2, 0.25) is 0 Å². The van der Waals surface area contributed by atoms with E-state index in [1.165, 1.54) is 22.3 Å². The molecule has 2 heterocycles. The number of amides is 1. The molecule has 1 amide bonds. The van der Waals surface area contributed by atoms with Crippen molar-refractivity contribution in [3.05, 3.63) is 65.2 Å². The van der Waals surface area contributed by atoms with E-state index < -0.39 is 0 Å². The van der Waals surface area contributed by atoms with Gasteiger partial charge in [-0.2, -0.15) is 5.10 Å². The first-order valence-electron chi connectivity index (χ1n) is 11.2. The van der Waals surface area contributed by atoms with Gasteiger partial charge in [0.15, 0.2) is 0 Å². The molecule has 0 saturated carbocycles. The number of furan rings is 1. The number of benzene rings is 1. The number of rotatable bonds is 9. The summed E-state index contributed by atoms with van der Waals surface area (Å²) in [7, 11) is 0. The highest BCUT2D eigenvalue weighted by Crippen LogP contribution is 2.34. The molecular weight excluding hydrogens is 388 g/mol. The average Bonchev–Trinajstić information content (AvgIpc) is 3.42. The second-order valence-corrected chi connectivity index (χ2v) is 8.49. The van der Waals surface area contributed by atoms with Gasteiger partial charge in [0.2, 0.25) is 5.91 Å². The number of carbonyl (C=O) groups excluding carboxylic acids is 1. The molecule has 6 heteroatoms. The number of carbonyl (C=O) groups is 1. The smallest absolute Gasteiger partial charge is 0.241 e. The number of fused-ring (bicyclic) bond motifs is 3. The molecule has 0 saturated heterocycles. The number of nitrogens with one attached hydrogen (secondary N) is 1. The lowest BCUT2D eigenvalue weighted by molar-refractivity contribution is -0.121. The molecule has 0 fully saturated rings. The van der Waals surface area contributed by atoms with Gasteiger partial charge in [0.05, 0.1) is 24.7 Å². The van der Waals surface area contributed by atoms with Crippen molar-refractivity contribution in [1.82, 2.24) is 20.0 Å². The Bertz CT molecular complexity index is 1020. The van der Waals surface area contributed by atoms with Crippen molar-refractivity contribution >= 4 is 5.91 Å². The van der Waals surface area contributed by atoms with Gasteiger partial charge in [0, 0.05) is 24.7 Å². The Balaban J connectivity index is 1.37. The average molecular weight is 421 g/mol. The van der Waals surface area contributed by atoms with E-state index in [9.17, 15) is 4.79 Å². The zero-order valence-electron chi connectivity index (χ0n) is 18.7. The van der Waals surface area contributed by atoms with Crippen LogP contribution >= 0.6 is 0 Å². The summed E-state index contributed by atoms with van der Waals surface area (Å²) in [6.07, 6.45) is 6.68. The number of hydrogen-bond acceptors (Lipinski definition) is 4. The highest BCUT2D eigenvalue weighted by molar-refractivity contribution is 5.78. The summed E-state index contributed by atoms with van der Waals surface area (Å²) in [5, 5.41) is 7.61. The van der Waals surface area contributed by atoms with Crippen LogP contribution in [0, 0.1) is 6.92 Å². The lowest BCUT2D eigenvalue weighted by Gasteiger charge is -2.27. The maximum atomic E-state index is 12.7. The van der Waals surface area contributed by atoms with Crippen molar-refractivity contribution in [3.8, 4) is 11.3 Å². The van der Waals surface area contributed by atoms with Crippen LogP contribution < -0.4 is 5.32 Å². The van der Waals surface area contributed by atoms with Gasteiger partial charge in [-0.1, -0.05) is 24.6 Å². The van der Waals surface area contributed by atoms with Gasteiger partial charge < -0.3 is 9.73 Å². The van der Waals surface area contributed by atoms with Crippen molar-refractivity contribution < 1.29 is 9.21 Å².